The minimum atomic E-state index is -0.606. The van der Waals surface area contributed by atoms with Gasteiger partial charge in [0.25, 0.3) is 5.91 Å². The number of H-pyrrole nitrogens is 1. The number of hydrogen-bond acceptors (Lipinski definition) is 6. The van der Waals surface area contributed by atoms with E-state index in [0.29, 0.717) is 24.1 Å². The lowest BCUT2D eigenvalue weighted by Gasteiger charge is -2.29. The largest absolute Gasteiger partial charge is 0.492 e. The summed E-state index contributed by atoms with van der Waals surface area (Å²) >= 11 is 6.12. The van der Waals surface area contributed by atoms with Crippen molar-refractivity contribution in [3.05, 3.63) is 71.4 Å². The molecule has 2 fully saturated rings. The molecule has 2 aliphatic rings. The second-order valence-electron chi connectivity index (χ2n) is 11.3. The first kappa shape index (κ1) is 25.8. The summed E-state index contributed by atoms with van der Waals surface area (Å²) in [6.07, 6.45) is 7.19. The Hall–Kier alpha value is -4.18. The van der Waals surface area contributed by atoms with Gasteiger partial charge in [0.05, 0.1) is 40.5 Å². The van der Waals surface area contributed by atoms with Crippen LogP contribution in [0, 0.1) is 17.7 Å². The lowest BCUT2D eigenvalue weighted by molar-refractivity contribution is 0.0901. The van der Waals surface area contributed by atoms with E-state index in [1.54, 1.807) is 6.20 Å². The lowest BCUT2D eigenvalue weighted by atomic mass is 9.97. The van der Waals surface area contributed by atoms with E-state index in [1.165, 1.54) is 18.2 Å². The third kappa shape index (κ3) is 4.46. The molecule has 210 valence electrons. The highest BCUT2D eigenvalue weighted by Crippen LogP contribution is 2.45. The van der Waals surface area contributed by atoms with Crippen molar-refractivity contribution in [2.75, 3.05) is 24.6 Å². The number of carbonyl (C=O) groups excluding carboxylic acids is 1. The zero-order chi connectivity index (χ0) is 28.3. The molecule has 2 unspecified atom stereocenters. The van der Waals surface area contributed by atoms with Crippen molar-refractivity contribution in [1.29, 1.82) is 0 Å². The van der Waals surface area contributed by atoms with Crippen LogP contribution < -0.4 is 15.0 Å². The molecule has 9 nitrogen and oxygen atoms in total. The van der Waals surface area contributed by atoms with E-state index in [0.717, 1.165) is 59.5 Å². The number of pyridine rings is 2. The monoisotopic (exact) mass is 573 g/mol. The number of amides is 1. The van der Waals surface area contributed by atoms with Crippen LogP contribution in [0.4, 0.5) is 10.2 Å². The first-order valence-corrected chi connectivity index (χ1v) is 14.2. The highest BCUT2D eigenvalue weighted by molar-refractivity contribution is 6.33. The number of hydrogen-bond donors (Lipinski definition) is 2. The number of aromatic amines is 1. The molecule has 0 radical (unpaired) electrons. The summed E-state index contributed by atoms with van der Waals surface area (Å²) in [6.45, 7) is 6.26. The van der Waals surface area contributed by atoms with Crippen molar-refractivity contribution < 1.29 is 13.9 Å². The first-order valence-electron chi connectivity index (χ1n) is 13.8. The van der Waals surface area contributed by atoms with Crippen molar-refractivity contribution in [3.8, 4) is 16.9 Å². The predicted octanol–water partition coefficient (Wildman–Crippen LogP) is 5.50. The third-order valence-electron chi connectivity index (χ3n) is 8.40. The SMILES string of the molecule is CCOc1cc(-c2ccc(N3CC4CC(C)(NC(=O)c5c(F)cccc5Cl)C[C@H]4C3)nc2)c2c3cn[nH]c3nn2c1. The van der Waals surface area contributed by atoms with Gasteiger partial charge in [0, 0.05) is 36.0 Å². The standard InChI is InChI=1S/C30H29ClFN7O2/c1-3-41-20-9-21(27-22-13-34-36-28(22)37-39(27)16-20)17-7-8-25(33-12-17)38-14-18-10-30(2,11-19(18)15-38)35-29(40)26-23(31)5-4-6-24(26)32/h4-9,12-13,16,18-19H,3,10-11,14-15H2,1-2H3,(H,35,40)(H,36,37)/t18-,19?,30?/m0/s1. The normalized spacial score (nSPS) is 22.0. The molecule has 4 aromatic heterocycles. The second-order valence-corrected chi connectivity index (χ2v) is 11.7. The van der Waals surface area contributed by atoms with E-state index < -0.39 is 17.3 Å². The van der Waals surface area contributed by atoms with Gasteiger partial charge < -0.3 is 15.0 Å². The molecule has 0 bridgehead atoms. The minimum absolute atomic E-state index is 0.0909. The van der Waals surface area contributed by atoms with Crippen LogP contribution in [0.3, 0.4) is 0 Å². The van der Waals surface area contributed by atoms with Gasteiger partial charge >= 0.3 is 0 Å². The van der Waals surface area contributed by atoms with Crippen LogP contribution in [0.2, 0.25) is 5.02 Å². The molecule has 1 aliphatic carbocycles. The van der Waals surface area contributed by atoms with Crippen LogP contribution in [-0.2, 0) is 0 Å². The summed E-state index contributed by atoms with van der Waals surface area (Å²) in [5.74, 6) is 1.40. The molecule has 7 rings (SSSR count). The summed E-state index contributed by atoms with van der Waals surface area (Å²) in [7, 11) is 0. The number of halogens is 2. The molecule has 2 N–H and O–H groups in total. The van der Waals surface area contributed by atoms with Crippen LogP contribution in [0.5, 0.6) is 5.75 Å². The van der Waals surface area contributed by atoms with Gasteiger partial charge in [-0.05, 0) is 68.9 Å². The van der Waals surface area contributed by atoms with Crippen LogP contribution >= 0.6 is 11.6 Å². The molecule has 3 atom stereocenters. The maximum Gasteiger partial charge on any atom is 0.256 e. The maximum absolute atomic E-state index is 14.3. The Balaban J connectivity index is 1.08. The number of anilines is 1. The van der Waals surface area contributed by atoms with Gasteiger partial charge in [-0.1, -0.05) is 17.7 Å². The minimum Gasteiger partial charge on any atom is -0.492 e. The van der Waals surface area contributed by atoms with E-state index >= 15 is 0 Å². The zero-order valence-corrected chi connectivity index (χ0v) is 23.5. The number of aromatic nitrogens is 5. The van der Waals surface area contributed by atoms with Crippen molar-refractivity contribution in [1.82, 2.24) is 30.1 Å². The molecule has 5 heterocycles. The van der Waals surface area contributed by atoms with Gasteiger partial charge in [0.1, 0.15) is 17.4 Å². The number of fused-ring (bicyclic) bond motifs is 4. The Bertz CT molecular complexity index is 1750. The number of nitrogens with one attached hydrogen (secondary N) is 2. The smallest absolute Gasteiger partial charge is 0.256 e. The Morgan fingerprint density at radius 2 is 2.02 bits per heavy atom. The maximum atomic E-state index is 14.3. The third-order valence-corrected chi connectivity index (χ3v) is 8.72. The van der Waals surface area contributed by atoms with Gasteiger partial charge in [0.2, 0.25) is 0 Å². The number of ether oxygens (including phenoxy) is 1. The molecular formula is C30H29ClFN7O2. The van der Waals surface area contributed by atoms with E-state index in [2.05, 4.69) is 37.6 Å². The van der Waals surface area contributed by atoms with E-state index in [1.807, 2.05) is 36.8 Å². The van der Waals surface area contributed by atoms with Crippen LogP contribution in [-0.4, -0.2) is 55.9 Å². The van der Waals surface area contributed by atoms with Gasteiger partial charge in [-0.25, -0.2) is 13.9 Å². The van der Waals surface area contributed by atoms with E-state index in [9.17, 15) is 9.18 Å². The number of rotatable bonds is 6. The molecule has 41 heavy (non-hydrogen) atoms. The molecule has 5 aromatic rings. The fourth-order valence-electron chi connectivity index (χ4n) is 6.72. The average molecular weight is 574 g/mol. The second kappa shape index (κ2) is 9.73. The summed E-state index contributed by atoms with van der Waals surface area (Å²) in [6, 6.07) is 10.5. The Kier molecular flexibility index (Phi) is 6.11. The first-order chi connectivity index (χ1) is 19.8. The topological polar surface area (TPSA) is 100 Å². The predicted molar refractivity (Wildman–Crippen MR) is 155 cm³/mol. The Labute approximate surface area is 240 Å². The van der Waals surface area contributed by atoms with Gasteiger partial charge in [-0.3, -0.25) is 9.89 Å². The lowest BCUT2D eigenvalue weighted by Crippen LogP contribution is -2.45. The van der Waals surface area contributed by atoms with Gasteiger partial charge in [0.15, 0.2) is 5.65 Å². The summed E-state index contributed by atoms with van der Waals surface area (Å²) in [5, 5.41) is 15.8. The molecule has 1 saturated heterocycles. The number of benzene rings is 1. The van der Waals surface area contributed by atoms with Crippen LogP contribution in [0.15, 0.2) is 55.0 Å². The summed E-state index contributed by atoms with van der Waals surface area (Å²) < 4.78 is 21.9. The van der Waals surface area contributed by atoms with E-state index in [4.69, 9.17) is 21.3 Å². The Morgan fingerprint density at radius 3 is 2.73 bits per heavy atom. The Morgan fingerprint density at radius 1 is 1.22 bits per heavy atom. The van der Waals surface area contributed by atoms with Crippen LogP contribution in [0.1, 0.15) is 37.0 Å². The van der Waals surface area contributed by atoms with Gasteiger partial charge in [-0.2, -0.15) is 5.10 Å². The molecule has 1 aliphatic heterocycles. The highest BCUT2D eigenvalue weighted by atomic mass is 35.5. The molecule has 1 aromatic carbocycles. The van der Waals surface area contributed by atoms with Crippen molar-refractivity contribution in [2.45, 2.75) is 32.2 Å². The van der Waals surface area contributed by atoms with Crippen molar-refractivity contribution >= 4 is 39.9 Å². The molecule has 11 heteroatoms. The van der Waals surface area contributed by atoms with Crippen molar-refractivity contribution in [3.63, 3.8) is 0 Å². The molecule has 0 spiro atoms. The number of carbonyl (C=O) groups is 1. The highest BCUT2D eigenvalue weighted by Gasteiger charge is 2.48. The average Bonchev–Trinajstić information content (AvgIpc) is 3.68. The molecule has 1 saturated carbocycles. The van der Waals surface area contributed by atoms with E-state index in [-0.39, 0.29) is 10.6 Å². The van der Waals surface area contributed by atoms with Gasteiger partial charge in [-0.15, -0.1) is 5.10 Å². The number of nitrogens with zero attached hydrogens (tertiary/aromatic N) is 5. The summed E-state index contributed by atoms with van der Waals surface area (Å²) in [4.78, 5) is 20.1. The zero-order valence-electron chi connectivity index (χ0n) is 22.7. The van der Waals surface area contributed by atoms with Crippen molar-refractivity contribution in [2.24, 2.45) is 11.8 Å². The molecular weight excluding hydrogens is 545 g/mol. The molecule has 1 amide bonds. The van der Waals surface area contributed by atoms with Crippen LogP contribution in [0.25, 0.3) is 27.7 Å². The quantitative estimate of drug-likeness (QED) is 0.278. The summed E-state index contributed by atoms with van der Waals surface area (Å²) in [5.41, 5.74) is 3.09. The fourth-order valence-corrected chi connectivity index (χ4v) is 6.97. The fraction of sp³-hybridized carbons (Fsp3) is 0.333.